The van der Waals surface area contributed by atoms with Crippen molar-refractivity contribution in [1.29, 1.82) is 0 Å². The van der Waals surface area contributed by atoms with Gasteiger partial charge in [-0.15, -0.1) is 10.2 Å². The number of nitrogens with zero attached hydrogens (tertiary/aromatic N) is 4. The van der Waals surface area contributed by atoms with E-state index in [1.54, 1.807) is 0 Å². The number of hydrogen-bond acceptors (Lipinski definition) is 4. The molecule has 0 radical (unpaired) electrons. The number of carboxylic acid groups (broad SMARTS) is 1. The number of rotatable bonds is 2. The van der Waals surface area contributed by atoms with Gasteiger partial charge in [0.25, 0.3) is 0 Å². The minimum atomic E-state index is -0.758. The van der Waals surface area contributed by atoms with Crippen molar-refractivity contribution < 1.29 is 9.90 Å². The van der Waals surface area contributed by atoms with E-state index in [2.05, 4.69) is 22.1 Å². The number of fused-ring (bicyclic) bond motifs is 1. The Morgan fingerprint density at radius 1 is 1.32 bits per heavy atom. The molecule has 0 saturated carbocycles. The molecule has 1 fully saturated rings. The minimum absolute atomic E-state index is 0.319. The zero-order chi connectivity index (χ0) is 13.4. The van der Waals surface area contributed by atoms with Gasteiger partial charge in [-0.25, -0.2) is 4.79 Å². The predicted molar refractivity (Wildman–Crippen MR) is 69.1 cm³/mol. The van der Waals surface area contributed by atoms with E-state index < -0.39 is 12.0 Å². The molecule has 2 aliphatic rings. The Kier molecular flexibility index (Phi) is 3.26. The molecule has 104 valence electrons. The highest BCUT2D eigenvalue weighted by Gasteiger charge is 2.33. The van der Waals surface area contributed by atoms with Crippen LogP contribution in [0.3, 0.4) is 0 Å². The van der Waals surface area contributed by atoms with Crippen LogP contribution in [0.15, 0.2) is 0 Å². The summed E-state index contributed by atoms with van der Waals surface area (Å²) in [4.78, 5) is 13.7. The van der Waals surface area contributed by atoms with E-state index >= 15 is 0 Å². The molecule has 6 nitrogen and oxygen atoms in total. The number of likely N-dealkylation sites (N-methyl/N-ethyl adjacent to an activating group) is 1. The average Bonchev–Trinajstić information content (AvgIpc) is 2.82. The van der Waals surface area contributed by atoms with Crippen LogP contribution in [-0.4, -0.2) is 50.9 Å². The number of likely N-dealkylation sites (tertiary alicyclic amines) is 1. The summed E-state index contributed by atoms with van der Waals surface area (Å²) < 4.78 is 1.90. The molecule has 2 atom stereocenters. The van der Waals surface area contributed by atoms with Gasteiger partial charge in [-0.1, -0.05) is 0 Å². The third kappa shape index (κ3) is 2.25. The van der Waals surface area contributed by atoms with Crippen molar-refractivity contribution in [2.45, 2.75) is 44.1 Å². The Morgan fingerprint density at radius 2 is 2.16 bits per heavy atom. The summed E-state index contributed by atoms with van der Waals surface area (Å²) in [5.74, 6) is 1.29. The molecule has 0 aromatic carbocycles. The van der Waals surface area contributed by atoms with Crippen LogP contribution in [-0.2, 0) is 11.2 Å². The molecule has 1 aromatic rings. The average molecular weight is 264 g/mol. The maximum Gasteiger partial charge on any atom is 0.326 e. The fourth-order valence-corrected chi connectivity index (χ4v) is 3.32. The molecule has 0 spiro atoms. The third-order valence-electron chi connectivity index (χ3n) is 4.26. The topological polar surface area (TPSA) is 71.2 Å². The highest BCUT2D eigenvalue weighted by molar-refractivity contribution is 5.72. The molecule has 3 rings (SSSR count). The molecule has 0 bridgehead atoms. The Hall–Kier alpha value is -1.43. The zero-order valence-corrected chi connectivity index (χ0v) is 11.2. The number of carboxylic acids is 1. The van der Waals surface area contributed by atoms with Crippen LogP contribution >= 0.6 is 0 Å². The van der Waals surface area contributed by atoms with Crippen LogP contribution in [0.2, 0.25) is 0 Å². The van der Waals surface area contributed by atoms with Gasteiger partial charge in [0.05, 0.1) is 0 Å². The van der Waals surface area contributed by atoms with Crippen LogP contribution in [0.4, 0.5) is 0 Å². The van der Waals surface area contributed by atoms with Gasteiger partial charge < -0.3 is 14.6 Å². The lowest BCUT2D eigenvalue weighted by Crippen LogP contribution is -2.34. The summed E-state index contributed by atoms with van der Waals surface area (Å²) >= 11 is 0. The van der Waals surface area contributed by atoms with E-state index in [0.29, 0.717) is 12.3 Å². The quantitative estimate of drug-likeness (QED) is 0.864. The first kappa shape index (κ1) is 12.6. The van der Waals surface area contributed by atoms with Crippen molar-refractivity contribution in [3.63, 3.8) is 0 Å². The van der Waals surface area contributed by atoms with Crippen molar-refractivity contribution in [2.24, 2.45) is 0 Å². The molecule has 0 aliphatic carbocycles. The number of aryl methyl sites for hydroxylation is 1. The number of carbonyl (C=O) groups is 1. The molecule has 1 aromatic heterocycles. The minimum Gasteiger partial charge on any atom is -0.480 e. The van der Waals surface area contributed by atoms with Gasteiger partial charge in [-0.3, -0.25) is 0 Å². The normalized spacial score (nSPS) is 28.1. The van der Waals surface area contributed by atoms with E-state index in [0.717, 1.165) is 50.4 Å². The second kappa shape index (κ2) is 4.92. The Bertz CT molecular complexity index is 485. The molecule has 1 saturated heterocycles. The lowest BCUT2D eigenvalue weighted by molar-refractivity contribution is -0.141. The van der Waals surface area contributed by atoms with Crippen LogP contribution in [0.1, 0.15) is 49.3 Å². The maximum absolute atomic E-state index is 11.4. The first-order valence-electron chi connectivity index (χ1n) is 7.02. The Labute approximate surface area is 112 Å². The fourth-order valence-electron chi connectivity index (χ4n) is 3.32. The monoisotopic (exact) mass is 264 g/mol. The van der Waals surface area contributed by atoms with E-state index in [4.69, 9.17) is 0 Å². The lowest BCUT2D eigenvalue weighted by atomic mass is 9.96. The number of hydrogen-bond donors (Lipinski definition) is 1. The summed E-state index contributed by atoms with van der Waals surface area (Å²) in [5.41, 5.74) is 0. The van der Waals surface area contributed by atoms with Crippen molar-refractivity contribution in [3.8, 4) is 0 Å². The predicted octanol–water partition coefficient (Wildman–Crippen LogP) is 1.05. The van der Waals surface area contributed by atoms with Crippen molar-refractivity contribution in [1.82, 2.24) is 19.7 Å². The first-order valence-corrected chi connectivity index (χ1v) is 7.02. The smallest absolute Gasteiger partial charge is 0.326 e. The second-order valence-electron chi connectivity index (χ2n) is 5.69. The first-order chi connectivity index (χ1) is 9.16. The highest BCUT2D eigenvalue weighted by Crippen LogP contribution is 2.32. The summed E-state index contributed by atoms with van der Waals surface area (Å²) in [6.07, 6.45) is 4.64. The third-order valence-corrected chi connectivity index (χ3v) is 4.26. The van der Waals surface area contributed by atoms with Gasteiger partial charge in [0.2, 0.25) is 0 Å². The van der Waals surface area contributed by atoms with Crippen LogP contribution < -0.4 is 0 Å². The van der Waals surface area contributed by atoms with Crippen molar-refractivity contribution in [2.75, 3.05) is 20.1 Å². The van der Waals surface area contributed by atoms with Crippen LogP contribution in [0.5, 0.6) is 0 Å². The zero-order valence-electron chi connectivity index (χ0n) is 11.2. The molecule has 6 heteroatoms. The molecule has 2 unspecified atom stereocenters. The molecule has 0 amide bonds. The number of aromatic nitrogens is 3. The van der Waals surface area contributed by atoms with E-state index in [-0.39, 0.29) is 0 Å². The van der Waals surface area contributed by atoms with E-state index in [9.17, 15) is 9.90 Å². The van der Waals surface area contributed by atoms with E-state index in [1.807, 2.05) is 4.57 Å². The molecular formula is C13H20N4O2. The maximum atomic E-state index is 11.4. The molecular weight excluding hydrogens is 244 g/mol. The largest absolute Gasteiger partial charge is 0.480 e. The van der Waals surface area contributed by atoms with Gasteiger partial charge in [-0.05, 0) is 39.3 Å². The fraction of sp³-hybridized carbons (Fsp3) is 0.769. The summed E-state index contributed by atoms with van der Waals surface area (Å²) in [7, 11) is 2.11. The Morgan fingerprint density at radius 3 is 2.89 bits per heavy atom. The van der Waals surface area contributed by atoms with Crippen molar-refractivity contribution in [3.05, 3.63) is 11.6 Å². The van der Waals surface area contributed by atoms with Gasteiger partial charge >= 0.3 is 5.97 Å². The van der Waals surface area contributed by atoms with Gasteiger partial charge in [0.15, 0.2) is 0 Å². The lowest BCUT2D eigenvalue weighted by Gasteiger charge is -2.31. The van der Waals surface area contributed by atoms with Crippen molar-refractivity contribution >= 4 is 5.97 Å². The molecule has 3 heterocycles. The van der Waals surface area contributed by atoms with Gasteiger partial charge in [0.1, 0.15) is 17.7 Å². The van der Waals surface area contributed by atoms with Crippen LogP contribution in [0.25, 0.3) is 0 Å². The highest BCUT2D eigenvalue weighted by atomic mass is 16.4. The van der Waals surface area contributed by atoms with Gasteiger partial charge in [0, 0.05) is 18.9 Å². The molecule has 1 N–H and O–H groups in total. The van der Waals surface area contributed by atoms with Gasteiger partial charge in [-0.2, -0.15) is 0 Å². The molecule has 19 heavy (non-hydrogen) atoms. The number of piperidine rings is 1. The SMILES string of the molecule is CN1CCCC(c2nnc3n2C(C(=O)O)CCC3)C1. The number of aliphatic carboxylic acids is 1. The summed E-state index contributed by atoms with van der Waals surface area (Å²) in [5, 5.41) is 17.9. The summed E-state index contributed by atoms with van der Waals surface area (Å²) in [6, 6.07) is -0.471. The van der Waals surface area contributed by atoms with Crippen LogP contribution in [0, 0.1) is 0 Å². The summed E-state index contributed by atoms with van der Waals surface area (Å²) in [6.45, 7) is 2.06. The second-order valence-corrected chi connectivity index (χ2v) is 5.69. The Balaban J connectivity index is 1.94. The standard InChI is InChI=1S/C13H20N4O2/c1-16-7-3-4-9(8-16)12-15-14-11-6-2-5-10(13(18)19)17(11)12/h9-10H,2-8H2,1H3,(H,18,19). The van der Waals surface area contributed by atoms with E-state index in [1.165, 1.54) is 0 Å². The molecule has 2 aliphatic heterocycles.